The van der Waals surface area contributed by atoms with Gasteiger partial charge in [0.25, 0.3) is 0 Å². The van der Waals surface area contributed by atoms with E-state index in [1.165, 1.54) is 58.0 Å². The first-order valence-electron chi connectivity index (χ1n) is 7.69. The molecule has 1 saturated heterocycles. The van der Waals surface area contributed by atoms with Crippen LogP contribution in [-0.2, 0) is 4.79 Å². The highest BCUT2D eigenvalue weighted by atomic mass is 16.1. The molecule has 0 aromatic carbocycles. The van der Waals surface area contributed by atoms with E-state index in [1.807, 2.05) is 0 Å². The van der Waals surface area contributed by atoms with Gasteiger partial charge in [-0.15, -0.1) is 0 Å². The molecule has 18 heavy (non-hydrogen) atoms. The first-order chi connectivity index (χ1) is 8.74. The molecular weight excluding hydrogens is 224 g/mol. The van der Waals surface area contributed by atoms with Crippen LogP contribution in [0.4, 0.5) is 0 Å². The maximum Gasteiger partial charge on any atom is 0.220 e. The molecule has 3 heteroatoms. The van der Waals surface area contributed by atoms with E-state index in [0.717, 1.165) is 13.0 Å². The van der Waals surface area contributed by atoms with Crippen molar-refractivity contribution in [2.45, 2.75) is 51.4 Å². The van der Waals surface area contributed by atoms with E-state index in [9.17, 15) is 4.79 Å². The zero-order valence-corrected chi connectivity index (χ0v) is 11.8. The second-order valence-corrected chi connectivity index (χ2v) is 6.26. The topological polar surface area (TPSA) is 32.3 Å². The Labute approximate surface area is 111 Å². The van der Waals surface area contributed by atoms with E-state index < -0.39 is 0 Å². The van der Waals surface area contributed by atoms with Crippen molar-refractivity contribution in [1.82, 2.24) is 10.2 Å². The van der Waals surface area contributed by atoms with Gasteiger partial charge in [-0.25, -0.2) is 0 Å². The molecule has 0 bridgehead atoms. The molecule has 2 fully saturated rings. The average Bonchev–Trinajstić information content (AvgIpc) is 2.39. The number of amides is 1. The summed E-state index contributed by atoms with van der Waals surface area (Å²) in [4.78, 5) is 14.3. The quantitative estimate of drug-likeness (QED) is 0.833. The molecule has 0 radical (unpaired) electrons. The minimum Gasteiger partial charge on any atom is -0.356 e. The number of nitrogens with zero attached hydrogens (tertiary/aromatic N) is 1. The Morgan fingerprint density at radius 3 is 2.39 bits per heavy atom. The number of hydrogen-bond donors (Lipinski definition) is 1. The molecule has 2 aliphatic rings. The third-order valence-electron chi connectivity index (χ3n) is 4.62. The van der Waals surface area contributed by atoms with E-state index in [1.54, 1.807) is 0 Å². The van der Waals surface area contributed by atoms with Crippen molar-refractivity contribution in [3.05, 3.63) is 0 Å². The van der Waals surface area contributed by atoms with Gasteiger partial charge in [-0.05, 0) is 57.7 Å². The highest BCUT2D eigenvalue weighted by molar-refractivity contribution is 5.76. The number of piperidine rings is 1. The van der Waals surface area contributed by atoms with Crippen LogP contribution in [-0.4, -0.2) is 37.5 Å². The van der Waals surface area contributed by atoms with Gasteiger partial charge in [0, 0.05) is 13.0 Å². The SMILES string of the molecule is CN1CCC(CNC(=O)CC2CCCCC2)CC1. The number of carbonyl (C=O) groups excluding carboxylic acids is 1. The van der Waals surface area contributed by atoms with Gasteiger partial charge in [-0.3, -0.25) is 4.79 Å². The summed E-state index contributed by atoms with van der Waals surface area (Å²) in [6.07, 6.45) is 9.80. The molecule has 1 N–H and O–H groups in total. The van der Waals surface area contributed by atoms with Gasteiger partial charge in [-0.2, -0.15) is 0 Å². The fourth-order valence-corrected chi connectivity index (χ4v) is 3.25. The predicted octanol–water partition coefficient (Wildman–Crippen LogP) is 2.41. The van der Waals surface area contributed by atoms with Gasteiger partial charge in [-0.1, -0.05) is 19.3 Å². The standard InChI is InChI=1S/C15H28N2O/c1-17-9-7-14(8-10-17)12-16-15(18)11-13-5-3-2-4-6-13/h13-14H,2-12H2,1H3,(H,16,18). The van der Waals surface area contributed by atoms with Crippen molar-refractivity contribution in [3.63, 3.8) is 0 Å². The Morgan fingerprint density at radius 2 is 1.72 bits per heavy atom. The zero-order chi connectivity index (χ0) is 12.8. The van der Waals surface area contributed by atoms with Crippen molar-refractivity contribution < 1.29 is 4.79 Å². The van der Waals surface area contributed by atoms with Gasteiger partial charge < -0.3 is 10.2 Å². The number of carbonyl (C=O) groups is 1. The number of hydrogen-bond acceptors (Lipinski definition) is 2. The summed E-state index contributed by atoms with van der Waals surface area (Å²) in [7, 11) is 2.18. The second-order valence-electron chi connectivity index (χ2n) is 6.26. The van der Waals surface area contributed by atoms with Gasteiger partial charge in [0.2, 0.25) is 5.91 Å². The molecule has 1 aliphatic carbocycles. The average molecular weight is 252 g/mol. The summed E-state index contributed by atoms with van der Waals surface area (Å²) in [6.45, 7) is 3.27. The van der Waals surface area contributed by atoms with E-state index in [0.29, 0.717) is 17.7 Å². The van der Waals surface area contributed by atoms with E-state index in [-0.39, 0.29) is 0 Å². The number of rotatable bonds is 4. The summed E-state index contributed by atoms with van der Waals surface area (Å²) in [6, 6.07) is 0. The lowest BCUT2D eigenvalue weighted by Gasteiger charge is -2.29. The number of likely N-dealkylation sites (tertiary alicyclic amines) is 1. The van der Waals surface area contributed by atoms with Crippen LogP contribution in [0.3, 0.4) is 0 Å². The minimum absolute atomic E-state index is 0.292. The van der Waals surface area contributed by atoms with Crippen LogP contribution in [0.25, 0.3) is 0 Å². The Balaban J connectivity index is 1.59. The third-order valence-corrected chi connectivity index (χ3v) is 4.62. The molecule has 1 aliphatic heterocycles. The van der Waals surface area contributed by atoms with Crippen molar-refractivity contribution in [2.24, 2.45) is 11.8 Å². The van der Waals surface area contributed by atoms with Crippen molar-refractivity contribution in [2.75, 3.05) is 26.7 Å². The molecule has 0 aromatic heterocycles. The minimum atomic E-state index is 0.292. The molecule has 1 heterocycles. The van der Waals surface area contributed by atoms with Gasteiger partial charge in [0.15, 0.2) is 0 Å². The molecule has 2 rings (SSSR count). The highest BCUT2D eigenvalue weighted by Crippen LogP contribution is 2.26. The van der Waals surface area contributed by atoms with E-state index in [4.69, 9.17) is 0 Å². The predicted molar refractivity (Wildman–Crippen MR) is 74.4 cm³/mol. The summed E-state index contributed by atoms with van der Waals surface area (Å²) in [5.41, 5.74) is 0. The van der Waals surface area contributed by atoms with Crippen molar-refractivity contribution in [1.29, 1.82) is 0 Å². The molecule has 0 atom stereocenters. The monoisotopic (exact) mass is 252 g/mol. The molecule has 1 saturated carbocycles. The third kappa shape index (κ3) is 4.60. The van der Waals surface area contributed by atoms with Crippen molar-refractivity contribution >= 4 is 5.91 Å². The van der Waals surface area contributed by atoms with Crippen LogP contribution in [0.1, 0.15) is 51.4 Å². The summed E-state index contributed by atoms with van der Waals surface area (Å²) < 4.78 is 0. The lowest BCUT2D eigenvalue weighted by Crippen LogP contribution is -2.37. The molecule has 0 aromatic rings. The largest absolute Gasteiger partial charge is 0.356 e. The van der Waals surface area contributed by atoms with Gasteiger partial charge >= 0.3 is 0 Å². The molecule has 0 spiro atoms. The summed E-state index contributed by atoms with van der Waals surface area (Å²) in [5, 5.41) is 3.16. The van der Waals surface area contributed by atoms with Crippen LogP contribution in [0.15, 0.2) is 0 Å². The summed E-state index contributed by atoms with van der Waals surface area (Å²) >= 11 is 0. The lowest BCUT2D eigenvalue weighted by atomic mass is 9.87. The Kier molecular flexibility index (Phi) is 5.48. The fraction of sp³-hybridized carbons (Fsp3) is 0.933. The molecule has 104 valence electrons. The first kappa shape index (κ1) is 13.9. The van der Waals surface area contributed by atoms with Crippen molar-refractivity contribution in [3.8, 4) is 0 Å². The normalized spacial score (nSPS) is 24.1. The molecule has 0 unspecified atom stereocenters. The van der Waals surface area contributed by atoms with Gasteiger partial charge in [0.05, 0.1) is 0 Å². The maximum atomic E-state index is 11.9. The molecular formula is C15H28N2O. The molecule has 1 amide bonds. The van der Waals surface area contributed by atoms with Crippen LogP contribution < -0.4 is 5.32 Å². The smallest absolute Gasteiger partial charge is 0.220 e. The second kappa shape index (κ2) is 7.13. The van der Waals surface area contributed by atoms with Crippen LogP contribution >= 0.6 is 0 Å². The lowest BCUT2D eigenvalue weighted by molar-refractivity contribution is -0.122. The van der Waals surface area contributed by atoms with Crippen LogP contribution in [0, 0.1) is 11.8 Å². The van der Waals surface area contributed by atoms with E-state index in [2.05, 4.69) is 17.3 Å². The number of nitrogens with one attached hydrogen (secondary N) is 1. The first-order valence-corrected chi connectivity index (χ1v) is 7.69. The highest BCUT2D eigenvalue weighted by Gasteiger charge is 2.19. The maximum absolute atomic E-state index is 11.9. The Bertz CT molecular complexity index is 253. The zero-order valence-electron chi connectivity index (χ0n) is 11.8. The summed E-state index contributed by atoms with van der Waals surface area (Å²) in [5.74, 6) is 1.66. The Morgan fingerprint density at radius 1 is 1.06 bits per heavy atom. The molecule has 3 nitrogen and oxygen atoms in total. The van der Waals surface area contributed by atoms with Crippen LogP contribution in [0.2, 0.25) is 0 Å². The van der Waals surface area contributed by atoms with E-state index >= 15 is 0 Å². The Hall–Kier alpha value is -0.570. The fourth-order valence-electron chi connectivity index (χ4n) is 3.25. The van der Waals surface area contributed by atoms with Gasteiger partial charge in [0.1, 0.15) is 0 Å². The van der Waals surface area contributed by atoms with Crippen LogP contribution in [0.5, 0.6) is 0 Å².